The van der Waals surface area contributed by atoms with Gasteiger partial charge in [0.15, 0.2) is 5.16 Å². The van der Waals surface area contributed by atoms with Crippen LogP contribution in [0, 0.1) is 11.6 Å². The number of carbonyl (C=O) groups is 2. The standard InChI is InChI=1S/C32H35Cl2F2N5O2S.C2HF3O2/c1-32(2,20-7-12-25(33)28(15-20)43-6)29-18-38-31(40(29)23-10-8-21(35)9-11-23)44-19-24-26(34)16-22(17-27(24)36)39-30(42)37-13-14-41(3,4)5;3-2(4,5)1(6)7/h7-12,15-18H,13-14,19H2,1-6H3,(H-,37,39,42);(H,6,7). The summed E-state index contributed by atoms with van der Waals surface area (Å²) in [6.07, 6.45) is -3.44. The van der Waals surface area contributed by atoms with Crippen LogP contribution < -0.4 is 20.5 Å². The molecule has 2 N–H and O–H groups in total. The maximum Gasteiger partial charge on any atom is 0.430 e. The monoisotopic (exact) mass is 775 g/mol. The van der Waals surface area contributed by atoms with E-state index in [4.69, 9.17) is 37.8 Å². The van der Waals surface area contributed by atoms with Crippen molar-refractivity contribution in [3.8, 4) is 11.4 Å². The van der Waals surface area contributed by atoms with Crippen LogP contribution in [0.5, 0.6) is 5.75 Å². The number of carboxylic acids is 1. The van der Waals surface area contributed by atoms with Gasteiger partial charge in [-0.2, -0.15) is 13.2 Å². The van der Waals surface area contributed by atoms with E-state index in [9.17, 15) is 22.4 Å². The molecule has 4 aromatic rings. The van der Waals surface area contributed by atoms with Crippen molar-refractivity contribution in [3.63, 3.8) is 0 Å². The van der Waals surface area contributed by atoms with Crippen molar-refractivity contribution in [3.05, 3.63) is 99.3 Å². The number of rotatable bonds is 11. The number of urea groups is 1. The van der Waals surface area contributed by atoms with Gasteiger partial charge in [-0.25, -0.2) is 18.6 Å². The number of alkyl halides is 3. The Morgan fingerprint density at radius 1 is 1.00 bits per heavy atom. The number of thioether (sulfide) groups is 1. The summed E-state index contributed by atoms with van der Waals surface area (Å²) in [5, 5.41) is 15.4. The lowest BCUT2D eigenvalue weighted by molar-refractivity contribution is -0.869. The maximum atomic E-state index is 15.3. The van der Waals surface area contributed by atoms with E-state index in [0.717, 1.165) is 17.8 Å². The summed E-state index contributed by atoms with van der Waals surface area (Å²) < 4.78 is 68.8. The number of hydrogen-bond donors (Lipinski definition) is 2. The first kappa shape index (κ1) is 41.4. The number of likely N-dealkylation sites (N-methyl/N-ethyl adjacent to an activating group) is 1. The van der Waals surface area contributed by atoms with Crippen molar-refractivity contribution in [2.24, 2.45) is 0 Å². The molecule has 0 aliphatic carbocycles. The summed E-state index contributed by atoms with van der Waals surface area (Å²) in [5.41, 5.74) is 2.37. The van der Waals surface area contributed by atoms with Crippen LogP contribution in [-0.4, -0.2) is 73.6 Å². The fraction of sp³-hybridized carbons (Fsp3) is 0.324. The molecule has 17 heteroatoms. The third kappa shape index (κ3) is 11.5. The fourth-order valence-corrected chi connectivity index (χ4v) is 6.12. The molecule has 0 bridgehead atoms. The number of amides is 2. The van der Waals surface area contributed by atoms with Crippen molar-refractivity contribution in [1.82, 2.24) is 14.9 Å². The number of hydrogen-bond acceptors (Lipinski definition) is 6. The molecule has 0 spiro atoms. The molecule has 276 valence electrons. The highest BCUT2D eigenvalue weighted by molar-refractivity contribution is 7.98. The molecular formula is C34H36Cl2F5N5O4S. The normalized spacial score (nSPS) is 11.8. The number of aliphatic carboxylic acids is 1. The van der Waals surface area contributed by atoms with Gasteiger partial charge >= 0.3 is 12.2 Å². The smallest absolute Gasteiger partial charge is 0.430 e. The predicted octanol–water partition coefficient (Wildman–Crippen LogP) is 7.21. The second-order valence-electron chi connectivity index (χ2n) is 12.6. The van der Waals surface area contributed by atoms with Gasteiger partial charge in [0.05, 0.1) is 58.3 Å². The number of benzene rings is 3. The highest BCUT2D eigenvalue weighted by Crippen LogP contribution is 2.40. The molecule has 0 aliphatic heterocycles. The molecule has 0 unspecified atom stereocenters. The molecule has 4 rings (SSSR count). The van der Waals surface area contributed by atoms with Crippen molar-refractivity contribution < 1.29 is 45.9 Å². The highest BCUT2D eigenvalue weighted by atomic mass is 35.5. The van der Waals surface area contributed by atoms with E-state index in [2.05, 4.69) is 15.6 Å². The molecular weight excluding hydrogens is 740 g/mol. The van der Waals surface area contributed by atoms with E-state index in [-0.39, 0.29) is 27.8 Å². The molecule has 1 aromatic heterocycles. The number of anilines is 1. The minimum Gasteiger partial charge on any atom is -0.542 e. The zero-order valence-electron chi connectivity index (χ0n) is 28.4. The van der Waals surface area contributed by atoms with Crippen LogP contribution in [-0.2, 0) is 16.0 Å². The Morgan fingerprint density at radius 2 is 1.63 bits per heavy atom. The van der Waals surface area contributed by atoms with Crippen LogP contribution >= 0.6 is 35.0 Å². The lowest BCUT2D eigenvalue weighted by Crippen LogP contribution is -2.42. The number of nitrogens with one attached hydrogen (secondary N) is 2. The Balaban J connectivity index is 0.000000908. The first-order valence-corrected chi connectivity index (χ1v) is 16.8. The van der Waals surface area contributed by atoms with Gasteiger partial charge in [-0.1, -0.05) is 54.9 Å². The molecule has 0 saturated heterocycles. The predicted molar refractivity (Wildman–Crippen MR) is 186 cm³/mol. The number of halogens is 7. The van der Waals surface area contributed by atoms with Crippen LogP contribution in [0.1, 0.15) is 30.7 Å². The van der Waals surface area contributed by atoms with E-state index < -0.39 is 29.4 Å². The average molecular weight is 777 g/mol. The zero-order valence-corrected chi connectivity index (χ0v) is 30.8. The van der Waals surface area contributed by atoms with Gasteiger partial charge in [-0.3, -0.25) is 4.57 Å². The number of nitrogens with zero attached hydrogens (tertiary/aromatic N) is 3. The molecule has 0 fully saturated rings. The summed E-state index contributed by atoms with van der Waals surface area (Å²) in [6.45, 7) is 5.29. The molecule has 0 atom stereocenters. The number of quaternary nitrogens is 1. The van der Waals surface area contributed by atoms with Crippen LogP contribution in [0.2, 0.25) is 10.0 Å². The van der Waals surface area contributed by atoms with Crippen LogP contribution in [0.25, 0.3) is 5.69 Å². The second-order valence-corrected chi connectivity index (χ2v) is 14.4. The van der Waals surface area contributed by atoms with Crippen LogP contribution in [0.15, 0.2) is 66.0 Å². The topological polar surface area (TPSA) is 108 Å². The van der Waals surface area contributed by atoms with Crippen molar-refractivity contribution in [2.75, 3.05) is 46.7 Å². The Kier molecular flexibility index (Phi) is 13.8. The Labute approximate surface area is 306 Å². The Bertz CT molecular complexity index is 1830. The summed E-state index contributed by atoms with van der Waals surface area (Å²) in [7, 11) is 7.63. The SMILES string of the molecule is COc1cc(C(C)(C)c2cnc(SCc3c(F)cc(NC(=O)NCC[N+](C)(C)C)cc3Cl)n2-c2ccc(F)cc2)ccc1Cl.O=C([O-])C(F)(F)F. The summed E-state index contributed by atoms with van der Waals surface area (Å²) in [5.74, 6) is -3.22. The molecule has 0 aliphatic rings. The Hall–Kier alpha value is -4.05. The Morgan fingerprint density at radius 3 is 2.18 bits per heavy atom. The van der Waals surface area contributed by atoms with E-state index >= 15 is 4.39 Å². The van der Waals surface area contributed by atoms with E-state index in [0.29, 0.717) is 32.6 Å². The highest BCUT2D eigenvalue weighted by Gasteiger charge is 2.31. The largest absolute Gasteiger partial charge is 0.542 e. The van der Waals surface area contributed by atoms with Gasteiger partial charge in [-0.05, 0) is 54.1 Å². The third-order valence-electron chi connectivity index (χ3n) is 7.37. The van der Waals surface area contributed by atoms with Gasteiger partial charge in [0.1, 0.15) is 23.4 Å². The molecule has 51 heavy (non-hydrogen) atoms. The molecule has 0 radical (unpaired) electrons. The van der Waals surface area contributed by atoms with E-state index in [1.54, 1.807) is 31.5 Å². The minimum absolute atomic E-state index is 0.160. The van der Waals surface area contributed by atoms with Crippen molar-refractivity contribution in [1.29, 1.82) is 0 Å². The average Bonchev–Trinajstić information content (AvgIpc) is 3.45. The minimum atomic E-state index is -5.19. The quantitative estimate of drug-likeness (QED) is 0.0948. The van der Waals surface area contributed by atoms with Gasteiger partial charge in [0.25, 0.3) is 0 Å². The molecule has 2 amide bonds. The van der Waals surface area contributed by atoms with E-state index in [1.165, 1.54) is 36.0 Å². The van der Waals surface area contributed by atoms with Crippen LogP contribution in [0.4, 0.5) is 32.4 Å². The lowest BCUT2D eigenvalue weighted by Gasteiger charge is -2.28. The number of methoxy groups -OCH3 is 1. The maximum absolute atomic E-state index is 15.3. The molecule has 1 heterocycles. The third-order valence-corrected chi connectivity index (χ3v) is 9.00. The van der Waals surface area contributed by atoms with Gasteiger partial charge in [-0.15, -0.1) is 0 Å². The van der Waals surface area contributed by atoms with Crippen LogP contribution in [0.3, 0.4) is 0 Å². The van der Waals surface area contributed by atoms with Crippen molar-refractivity contribution in [2.45, 2.75) is 36.3 Å². The number of carboxylic acid groups (broad SMARTS) is 1. The summed E-state index contributed by atoms with van der Waals surface area (Å²) in [4.78, 5) is 25.8. The zero-order chi connectivity index (χ0) is 38.3. The summed E-state index contributed by atoms with van der Waals surface area (Å²) >= 11 is 14.1. The van der Waals surface area contributed by atoms with Gasteiger partial charge in [0.2, 0.25) is 0 Å². The van der Waals surface area contributed by atoms with Crippen molar-refractivity contribution >= 4 is 52.7 Å². The number of ether oxygens (including phenoxy) is 1. The second kappa shape index (κ2) is 17.0. The number of imidazole rings is 1. The summed E-state index contributed by atoms with van der Waals surface area (Å²) in [6, 6.07) is 14.0. The lowest BCUT2D eigenvalue weighted by atomic mass is 9.81. The van der Waals surface area contributed by atoms with Gasteiger partial charge < -0.3 is 29.8 Å². The first-order chi connectivity index (χ1) is 23.6. The van der Waals surface area contributed by atoms with Gasteiger partial charge in [0, 0.05) is 33.1 Å². The molecule has 0 saturated carbocycles. The molecule has 3 aromatic carbocycles. The first-order valence-electron chi connectivity index (χ1n) is 15.1. The molecule has 9 nitrogen and oxygen atoms in total. The fourth-order valence-electron chi connectivity index (χ4n) is 4.54. The number of aromatic nitrogens is 2. The van der Waals surface area contributed by atoms with E-state index in [1.807, 2.05) is 51.7 Å². The number of carbonyl (C=O) groups excluding carboxylic acids is 2.